The summed E-state index contributed by atoms with van der Waals surface area (Å²) in [6.07, 6.45) is 2.60. The van der Waals surface area contributed by atoms with Gasteiger partial charge in [-0.1, -0.05) is 24.4 Å². The minimum atomic E-state index is -1.18. The smallest absolute Gasteiger partial charge is 0.228 e. The van der Waals surface area contributed by atoms with Gasteiger partial charge in [-0.05, 0) is 18.9 Å². The normalized spacial score (nSPS) is 20.7. The second kappa shape index (κ2) is 7.55. The van der Waals surface area contributed by atoms with Gasteiger partial charge in [0.25, 0.3) is 0 Å². The average molecular weight is 341 g/mol. The molecule has 0 unspecified atom stereocenters. The van der Waals surface area contributed by atoms with E-state index >= 15 is 0 Å². The summed E-state index contributed by atoms with van der Waals surface area (Å²) >= 11 is 6.07. The number of carboxylic acid groups (broad SMARTS) is 1. The third kappa shape index (κ3) is 3.88. The number of ether oxygens (including phenoxy) is 2. The van der Waals surface area contributed by atoms with Gasteiger partial charge >= 0.3 is 0 Å². The lowest BCUT2D eigenvalue weighted by atomic mass is 9.78. The fraction of sp³-hybridized carbons (Fsp3) is 0.500. The summed E-state index contributed by atoms with van der Waals surface area (Å²) in [4.78, 5) is 23.7. The van der Waals surface area contributed by atoms with Crippen LogP contribution in [-0.2, 0) is 9.59 Å². The van der Waals surface area contributed by atoms with Crippen molar-refractivity contribution in [2.45, 2.75) is 25.7 Å². The van der Waals surface area contributed by atoms with Crippen LogP contribution in [0, 0.1) is 11.8 Å². The molecule has 0 heterocycles. The highest BCUT2D eigenvalue weighted by atomic mass is 35.5. The van der Waals surface area contributed by atoms with E-state index in [-0.39, 0.29) is 5.91 Å². The molecule has 0 spiro atoms. The summed E-state index contributed by atoms with van der Waals surface area (Å²) in [5, 5.41) is 14.3. The zero-order valence-electron chi connectivity index (χ0n) is 13.1. The van der Waals surface area contributed by atoms with Crippen molar-refractivity contribution in [1.29, 1.82) is 0 Å². The number of carbonyl (C=O) groups excluding carboxylic acids is 2. The van der Waals surface area contributed by atoms with Crippen LogP contribution >= 0.6 is 11.6 Å². The standard InChI is InChI=1S/C16H20ClNO5/c1-22-13-8-14(23-2)12(7-11(13)17)18-15(19)9-5-3-4-6-10(9)16(20)21/h7-10H,3-6H2,1-2H3,(H,18,19)(H,20,21)/p-1/t9-,10+/m0/s1. The highest BCUT2D eigenvalue weighted by molar-refractivity contribution is 6.32. The van der Waals surface area contributed by atoms with Crippen molar-refractivity contribution < 1.29 is 24.2 Å². The van der Waals surface area contributed by atoms with E-state index in [1.165, 1.54) is 20.3 Å². The van der Waals surface area contributed by atoms with E-state index in [1.807, 2.05) is 0 Å². The quantitative estimate of drug-likeness (QED) is 0.883. The Labute approximate surface area is 139 Å². The molecule has 23 heavy (non-hydrogen) atoms. The number of amides is 1. The zero-order valence-corrected chi connectivity index (χ0v) is 13.8. The Morgan fingerprint density at radius 1 is 1.13 bits per heavy atom. The predicted octanol–water partition coefficient (Wildman–Crippen LogP) is 1.85. The molecule has 2 rings (SSSR count). The summed E-state index contributed by atoms with van der Waals surface area (Å²) < 4.78 is 10.3. The van der Waals surface area contributed by atoms with Crippen molar-refractivity contribution >= 4 is 29.2 Å². The van der Waals surface area contributed by atoms with Gasteiger partial charge in [-0.15, -0.1) is 0 Å². The number of halogens is 1. The van der Waals surface area contributed by atoms with Crippen LogP contribution in [-0.4, -0.2) is 26.1 Å². The lowest BCUT2D eigenvalue weighted by molar-refractivity contribution is -0.313. The van der Waals surface area contributed by atoms with Gasteiger partial charge in [-0.3, -0.25) is 4.79 Å². The third-order valence-corrected chi connectivity index (χ3v) is 4.43. The van der Waals surface area contributed by atoms with Gasteiger partial charge < -0.3 is 24.7 Å². The molecule has 0 aliphatic heterocycles. The van der Waals surface area contributed by atoms with E-state index in [0.717, 1.165) is 12.8 Å². The maximum Gasteiger partial charge on any atom is 0.228 e. The molecule has 1 N–H and O–H groups in total. The van der Waals surface area contributed by atoms with Gasteiger partial charge in [0.15, 0.2) is 0 Å². The van der Waals surface area contributed by atoms with E-state index in [4.69, 9.17) is 21.1 Å². The molecule has 1 fully saturated rings. The van der Waals surface area contributed by atoms with Crippen molar-refractivity contribution in [3.8, 4) is 11.5 Å². The predicted molar refractivity (Wildman–Crippen MR) is 83.6 cm³/mol. The van der Waals surface area contributed by atoms with E-state index in [0.29, 0.717) is 35.1 Å². The number of hydrogen-bond donors (Lipinski definition) is 1. The van der Waals surface area contributed by atoms with Crippen LogP contribution < -0.4 is 19.9 Å². The van der Waals surface area contributed by atoms with Crippen LogP contribution in [0.4, 0.5) is 5.69 Å². The lowest BCUT2D eigenvalue weighted by Gasteiger charge is -2.31. The number of benzene rings is 1. The van der Waals surface area contributed by atoms with Gasteiger partial charge in [0.05, 0.1) is 24.9 Å². The van der Waals surface area contributed by atoms with Crippen LogP contribution in [0.2, 0.25) is 5.02 Å². The van der Waals surface area contributed by atoms with Gasteiger partial charge in [0, 0.05) is 23.9 Å². The average Bonchev–Trinajstić information content (AvgIpc) is 2.55. The molecule has 126 valence electrons. The molecule has 1 aromatic carbocycles. The zero-order chi connectivity index (χ0) is 17.0. The minimum Gasteiger partial charge on any atom is -0.550 e. The fourth-order valence-electron chi connectivity index (χ4n) is 2.91. The second-order valence-corrected chi connectivity index (χ2v) is 5.90. The first-order chi connectivity index (χ1) is 11.0. The summed E-state index contributed by atoms with van der Waals surface area (Å²) in [6, 6.07) is 3.09. The van der Waals surface area contributed by atoms with Crippen molar-refractivity contribution in [1.82, 2.24) is 0 Å². The molecule has 6 nitrogen and oxygen atoms in total. The Hall–Kier alpha value is -1.95. The van der Waals surface area contributed by atoms with Crippen LogP contribution in [0.5, 0.6) is 11.5 Å². The Kier molecular flexibility index (Phi) is 5.71. The molecule has 1 amide bonds. The molecule has 0 saturated heterocycles. The van der Waals surface area contributed by atoms with E-state index in [2.05, 4.69) is 5.32 Å². The van der Waals surface area contributed by atoms with Crippen LogP contribution in [0.1, 0.15) is 25.7 Å². The first-order valence-corrected chi connectivity index (χ1v) is 7.79. The first kappa shape index (κ1) is 17.4. The summed E-state index contributed by atoms with van der Waals surface area (Å²) in [6.45, 7) is 0. The van der Waals surface area contributed by atoms with Crippen molar-refractivity contribution in [3.05, 3.63) is 17.2 Å². The molecular formula is C16H19ClNO5-. The molecule has 2 atom stereocenters. The van der Waals surface area contributed by atoms with Crippen molar-refractivity contribution in [2.75, 3.05) is 19.5 Å². The maximum atomic E-state index is 12.5. The first-order valence-electron chi connectivity index (χ1n) is 7.41. The Morgan fingerprint density at radius 2 is 1.74 bits per heavy atom. The minimum absolute atomic E-state index is 0.323. The SMILES string of the molecule is COc1cc(OC)c(NC(=O)[C@H]2CCCC[C@H]2C(=O)[O-])cc1Cl. The molecule has 0 radical (unpaired) electrons. The van der Waals surface area contributed by atoms with Crippen LogP contribution in [0.3, 0.4) is 0 Å². The lowest BCUT2D eigenvalue weighted by Crippen LogP contribution is -2.42. The van der Waals surface area contributed by atoms with Gasteiger partial charge in [0.2, 0.25) is 5.91 Å². The molecule has 1 saturated carbocycles. The number of anilines is 1. The van der Waals surface area contributed by atoms with Crippen LogP contribution in [0.25, 0.3) is 0 Å². The molecule has 0 aromatic heterocycles. The summed E-state index contributed by atoms with van der Waals surface area (Å²) in [7, 11) is 2.94. The van der Waals surface area contributed by atoms with E-state index in [9.17, 15) is 14.7 Å². The molecular weight excluding hydrogens is 322 g/mol. The largest absolute Gasteiger partial charge is 0.550 e. The number of aliphatic carboxylic acids is 1. The summed E-state index contributed by atoms with van der Waals surface area (Å²) in [5.41, 5.74) is 0.381. The number of carboxylic acids is 1. The molecule has 1 aliphatic carbocycles. The summed E-state index contributed by atoms with van der Waals surface area (Å²) in [5.74, 6) is -2.10. The topological polar surface area (TPSA) is 87.7 Å². The van der Waals surface area contributed by atoms with Crippen LogP contribution in [0.15, 0.2) is 12.1 Å². The highest BCUT2D eigenvalue weighted by Gasteiger charge is 2.32. The number of carbonyl (C=O) groups is 2. The van der Waals surface area contributed by atoms with Gasteiger partial charge in [0.1, 0.15) is 11.5 Å². The second-order valence-electron chi connectivity index (χ2n) is 5.49. The van der Waals surface area contributed by atoms with Crippen molar-refractivity contribution in [2.24, 2.45) is 11.8 Å². The number of methoxy groups -OCH3 is 2. The molecule has 7 heteroatoms. The number of hydrogen-bond acceptors (Lipinski definition) is 5. The van der Waals surface area contributed by atoms with Gasteiger partial charge in [-0.25, -0.2) is 0 Å². The maximum absolute atomic E-state index is 12.5. The Balaban J connectivity index is 2.22. The molecule has 1 aromatic rings. The highest BCUT2D eigenvalue weighted by Crippen LogP contribution is 2.37. The number of nitrogens with one attached hydrogen (secondary N) is 1. The van der Waals surface area contributed by atoms with Gasteiger partial charge in [-0.2, -0.15) is 0 Å². The van der Waals surface area contributed by atoms with Crippen molar-refractivity contribution in [3.63, 3.8) is 0 Å². The fourth-order valence-corrected chi connectivity index (χ4v) is 3.15. The Bertz CT molecular complexity index is 604. The third-order valence-electron chi connectivity index (χ3n) is 4.14. The van der Waals surface area contributed by atoms with E-state index in [1.54, 1.807) is 6.07 Å². The molecule has 0 bridgehead atoms. The monoisotopic (exact) mass is 340 g/mol. The molecule has 1 aliphatic rings. The Morgan fingerprint density at radius 3 is 2.30 bits per heavy atom. The van der Waals surface area contributed by atoms with E-state index < -0.39 is 17.8 Å². The number of rotatable bonds is 5.